The van der Waals surface area contributed by atoms with Crippen LogP contribution in [0.4, 0.5) is 0 Å². The molecule has 1 saturated heterocycles. The molecule has 96 valence electrons. The first kappa shape index (κ1) is 13.9. The van der Waals surface area contributed by atoms with E-state index in [1.54, 1.807) is 0 Å². The van der Waals surface area contributed by atoms with Crippen LogP contribution >= 0.6 is 0 Å². The van der Waals surface area contributed by atoms with E-state index in [0.29, 0.717) is 6.04 Å². The Hall–Kier alpha value is -0.120. The zero-order valence-electron chi connectivity index (χ0n) is 11.3. The summed E-state index contributed by atoms with van der Waals surface area (Å²) in [6, 6.07) is 1.18. The van der Waals surface area contributed by atoms with Crippen molar-refractivity contribution in [2.24, 2.45) is 5.73 Å². The Bertz CT molecular complexity index is 172. The van der Waals surface area contributed by atoms with Gasteiger partial charge in [-0.1, -0.05) is 6.42 Å². The van der Waals surface area contributed by atoms with E-state index in [0.717, 1.165) is 6.04 Å². The zero-order chi connectivity index (χ0) is 12.0. The normalized spacial score (nSPS) is 21.6. The van der Waals surface area contributed by atoms with E-state index in [4.69, 9.17) is 5.73 Å². The van der Waals surface area contributed by atoms with Gasteiger partial charge >= 0.3 is 0 Å². The van der Waals surface area contributed by atoms with Crippen LogP contribution in [0, 0.1) is 0 Å². The molecule has 1 rings (SSSR count). The van der Waals surface area contributed by atoms with Gasteiger partial charge in [0.15, 0.2) is 0 Å². The number of unbranched alkanes of at least 4 members (excludes halogenated alkanes) is 1. The summed E-state index contributed by atoms with van der Waals surface area (Å²) in [5.41, 5.74) is 5.74. The van der Waals surface area contributed by atoms with Crippen molar-refractivity contribution < 1.29 is 0 Å². The summed E-state index contributed by atoms with van der Waals surface area (Å²) in [6.07, 6.45) is 6.44. The molecule has 16 heavy (non-hydrogen) atoms. The van der Waals surface area contributed by atoms with Gasteiger partial charge in [0.2, 0.25) is 0 Å². The lowest BCUT2D eigenvalue weighted by Gasteiger charge is -2.35. The molecule has 1 fully saturated rings. The van der Waals surface area contributed by atoms with E-state index in [1.165, 1.54) is 51.7 Å². The molecule has 1 heterocycles. The van der Waals surface area contributed by atoms with Crippen LogP contribution < -0.4 is 5.73 Å². The molecule has 1 unspecified atom stereocenters. The summed E-state index contributed by atoms with van der Waals surface area (Å²) in [7, 11) is 4.39. The highest BCUT2D eigenvalue weighted by Crippen LogP contribution is 2.14. The zero-order valence-corrected chi connectivity index (χ0v) is 11.3. The van der Waals surface area contributed by atoms with Gasteiger partial charge in [0.1, 0.15) is 0 Å². The fourth-order valence-corrected chi connectivity index (χ4v) is 2.46. The molecule has 0 aliphatic carbocycles. The second-order valence-corrected chi connectivity index (χ2v) is 5.51. The van der Waals surface area contributed by atoms with Crippen molar-refractivity contribution in [2.75, 3.05) is 33.7 Å². The van der Waals surface area contributed by atoms with Crippen LogP contribution in [-0.4, -0.2) is 55.6 Å². The predicted octanol–water partition coefficient (Wildman–Crippen LogP) is 1.53. The maximum atomic E-state index is 5.74. The fraction of sp³-hybridized carbons (Fsp3) is 1.00. The Morgan fingerprint density at radius 3 is 2.38 bits per heavy atom. The van der Waals surface area contributed by atoms with Crippen molar-refractivity contribution in [3.05, 3.63) is 0 Å². The number of likely N-dealkylation sites (tertiary alicyclic amines) is 1. The van der Waals surface area contributed by atoms with Crippen LogP contribution in [-0.2, 0) is 0 Å². The molecule has 0 bridgehead atoms. The van der Waals surface area contributed by atoms with Crippen molar-refractivity contribution in [1.29, 1.82) is 0 Å². The van der Waals surface area contributed by atoms with Gasteiger partial charge in [0, 0.05) is 12.1 Å². The minimum Gasteiger partial charge on any atom is -0.328 e. The van der Waals surface area contributed by atoms with Crippen molar-refractivity contribution in [2.45, 2.75) is 51.1 Å². The highest BCUT2D eigenvalue weighted by molar-refractivity contribution is 4.76. The standard InChI is InChI=1S/C13H29N3/c1-12(14)6-4-5-9-16-10-7-13(8-11-16)15(2)3/h12-13H,4-11,14H2,1-3H3. The average molecular weight is 227 g/mol. The van der Waals surface area contributed by atoms with Crippen LogP contribution in [0.25, 0.3) is 0 Å². The number of rotatable bonds is 6. The molecule has 0 saturated carbocycles. The Kier molecular flexibility index (Phi) is 6.32. The second-order valence-electron chi connectivity index (χ2n) is 5.51. The summed E-state index contributed by atoms with van der Waals surface area (Å²) < 4.78 is 0. The first-order valence-electron chi connectivity index (χ1n) is 6.74. The highest BCUT2D eigenvalue weighted by Gasteiger charge is 2.19. The van der Waals surface area contributed by atoms with Gasteiger partial charge in [-0.05, 0) is 66.3 Å². The SMILES string of the molecule is CC(N)CCCCN1CCC(N(C)C)CC1. The van der Waals surface area contributed by atoms with Crippen LogP contribution in [0.3, 0.4) is 0 Å². The maximum Gasteiger partial charge on any atom is 0.0113 e. The van der Waals surface area contributed by atoms with Gasteiger partial charge in [-0.3, -0.25) is 0 Å². The van der Waals surface area contributed by atoms with E-state index < -0.39 is 0 Å². The van der Waals surface area contributed by atoms with Gasteiger partial charge in [-0.15, -0.1) is 0 Å². The van der Waals surface area contributed by atoms with E-state index in [9.17, 15) is 0 Å². The smallest absolute Gasteiger partial charge is 0.0113 e. The minimum atomic E-state index is 0.375. The molecule has 0 aromatic rings. The average Bonchev–Trinajstić information content (AvgIpc) is 2.25. The molecule has 0 radical (unpaired) electrons. The molecule has 1 aliphatic heterocycles. The quantitative estimate of drug-likeness (QED) is 0.699. The lowest BCUT2D eigenvalue weighted by Crippen LogP contribution is -2.42. The Balaban J connectivity index is 2.04. The Morgan fingerprint density at radius 1 is 1.25 bits per heavy atom. The topological polar surface area (TPSA) is 32.5 Å². The largest absolute Gasteiger partial charge is 0.328 e. The molecule has 3 heteroatoms. The molecule has 0 spiro atoms. The summed E-state index contributed by atoms with van der Waals surface area (Å²) in [5, 5.41) is 0. The summed E-state index contributed by atoms with van der Waals surface area (Å²) >= 11 is 0. The van der Waals surface area contributed by atoms with E-state index in [-0.39, 0.29) is 0 Å². The first-order valence-corrected chi connectivity index (χ1v) is 6.74. The third-order valence-corrected chi connectivity index (χ3v) is 3.67. The summed E-state index contributed by atoms with van der Waals surface area (Å²) in [4.78, 5) is 4.98. The van der Waals surface area contributed by atoms with Crippen LogP contribution in [0.1, 0.15) is 39.0 Å². The molecule has 2 N–H and O–H groups in total. The minimum absolute atomic E-state index is 0.375. The number of hydrogen-bond acceptors (Lipinski definition) is 3. The maximum absolute atomic E-state index is 5.74. The monoisotopic (exact) mass is 227 g/mol. The third-order valence-electron chi connectivity index (χ3n) is 3.67. The molecule has 0 aromatic heterocycles. The Morgan fingerprint density at radius 2 is 1.88 bits per heavy atom. The van der Waals surface area contributed by atoms with Crippen LogP contribution in [0.15, 0.2) is 0 Å². The molecule has 1 aliphatic rings. The van der Waals surface area contributed by atoms with E-state index in [1.807, 2.05) is 0 Å². The van der Waals surface area contributed by atoms with Crippen molar-refractivity contribution in [3.63, 3.8) is 0 Å². The van der Waals surface area contributed by atoms with Crippen molar-refractivity contribution in [3.8, 4) is 0 Å². The van der Waals surface area contributed by atoms with E-state index in [2.05, 4.69) is 30.8 Å². The van der Waals surface area contributed by atoms with Gasteiger partial charge < -0.3 is 15.5 Å². The summed E-state index contributed by atoms with van der Waals surface area (Å²) in [6.45, 7) is 5.93. The van der Waals surface area contributed by atoms with Crippen LogP contribution in [0.5, 0.6) is 0 Å². The van der Waals surface area contributed by atoms with Gasteiger partial charge in [-0.25, -0.2) is 0 Å². The van der Waals surface area contributed by atoms with Crippen molar-refractivity contribution >= 4 is 0 Å². The van der Waals surface area contributed by atoms with Gasteiger partial charge in [0.25, 0.3) is 0 Å². The number of nitrogens with two attached hydrogens (primary N) is 1. The Labute approximate surface area is 101 Å². The highest BCUT2D eigenvalue weighted by atomic mass is 15.2. The lowest BCUT2D eigenvalue weighted by atomic mass is 10.0. The second kappa shape index (κ2) is 7.25. The fourth-order valence-electron chi connectivity index (χ4n) is 2.46. The number of nitrogens with zero attached hydrogens (tertiary/aromatic N) is 2. The molecule has 0 amide bonds. The van der Waals surface area contributed by atoms with Gasteiger partial charge in [-0.2, -0.15) is 0 Å². The molecular weight excluding hydrogens is 198 g/mol. The molecular formula is C13H29N3. The third kappa shape index (κ3) is 5.28. The predicted molar refractivity (Wildman–Crippen MR) is 70.6 cm³/mol. The number of piperidine rings is 1. The first-order chi connectivity index (χ1) is 7.59. The molecule has 0 aromatic carbocycles. The van der Waals surface area contributed by atoms with Crippen molar-refractivity contribution in [1.82, 2.24) is 9.80 Å². The lowest BCUT2D eigenvalue weighted by molar-refractivity contribution is 0.143. The van der Waals surface area contributed by atoms with Gasteiger partial charge in [0.05, 0.1) is 0 Å². The van der Waals surface area contributed by atoms with E-state index >= 15 is 0 Å². The number of hydrogen-bond donors (Lipinski definition) is 1. The van der Waals surface area contributed by atoms with Crippen LogP contribution in [0.2, 0.25) is 0 Å². The summed E-state index contributed by atoms with van der Waals surface area (Å²) in [5.74, 6) is 0. The molecule has 1 atom stereocenters. The molecule has 3 nitrogen and oxygen atoms in total.